The smallest absolute Gasteiger partial charge is 0.375 e. The summed E-state index contributed by atoms with van der Waals surface area (Å²) in [5.41, 5.74) is -0.708. The van der Waals surface area contributed by atoms with Crippen LogP contribution in [0, 0.1) is 0 Å². The molecule has 1 aromatic rings. The highest BCUT2D eigenvalue weighted by Gasteiger charge is 2.31. The predicted octanol–water partition coefficient (Wildman–Crippen LogP) is 3.14. The highest BCUT2D eigenvalue weighted by atomic mass is 32.2. The van der Waals surface area contributed by atoms with Gasteiger partial charge in [0.1, 0.15) is 0 Å². The standard InChI is InChI=1S/C19H26F3N3O4S/c1-30(27,28)25-11-7-17(8-12-25)29-16-5-9-24(10-6-16)18(26)23-15-4-2-3-14(13-15)19(20,21)22/h2-4,13,16-17H,5-12H2,1H3,(H,23,26). The average Bonchev–Trinajstić information content (AvgIpc) is 2.68. The van der Waals surface area contributed by atoms with Crippen LogP contribution in [0.4, 0.5) is 23.7 Å². The number of urea groups is 1. The molecule has 2 saturated heterocycles. The lowest BCUT2D eigenvalue weighted by atomic mass is 10.1. The molecule has 2 aliphatic heterocycles. The van der Waals surface area contributed by atoms with E-state index in [-0.39, 0.29) is 17.9 Å². The molecule has 7 nitrogen and oxygen atoms in total. The fourth-order valence-corrected chi connectivity index (χ4v) is 4.62. The van der Waals surface area contributed by atoms with Crippen molar-refractivity contribution in [3.8, 4) is 0 Å². The van der Waals surface area contributed by atoms with Gasteiger partial charge in [-0.2, -0.15) is 13.2 Å². The molecule has 2 aliphatic rings. The van der Waals surface area contributed by atoms with Crippen molar-refractivity contribution >= 4 is 21.7 Å². The van der Waals surface area contributed by atoms with E-state index in [1.54, 1.807) is 4.90 Å². The number of carbonyl (C=O) groups is 1. The fourth-order valence-electron chi connectivity index (χ4n) is 3.74. The molecule has 30 heavy (non-hydrogen) atoms. The summed E-state index contributed by atoms with van der Waals surface area (Å²) in [6.45, 7) is 1.78. The number of rotatable bonds is 4. The van der Waals surface area contributed by atoms with Gasteiger partial charge in [0.15, 0.2) is 0 Å². The molecule has 0 atom stereocenters. The third-order valence-corrected chi connectivity index (χ3v) is 6.73. The van der Waals surface area contributed by atoms with E-state index in [2.05, 4.69) is 5.32 Å². The maximum Gasteiger partial charge on any atom is 0.416 e. The number of anilines is 1. The summed E-state index contributed by atoms with van der Waals surface area (Å²) in [6, 6.07) is 4.11. The number of amides is 2. The molecule has 0 spiro atoms. The summed E-state index contributed by atoms with van der Waals surface area (Å²) in [6.07, 6.45) is -0.740. The molecule has 0 aliphatic carbocycles. The zero-order chi connectivity index (χ0) is 21.9. The van der Waals surface area contributed by atoms with E-state index < -0.39 is 27.8 Å². The van der Waals surface area contributed by atoms with E-state index in [4.69, 9.17) is 4.74 Å². The zero-order valence-corrected chi connectivity index (χ0v) is 17.5. The summed E-state index contributed by atoms with van der Waals surface area (Å²) >= 11 is 0. The number of alkyl halides is 3. The van der Waals surface area contributed by atoms with Gasteiger partial charge in [-0.3, -0.25) is 0 Å². The second kappa shape index (κ2) is 9.11. The molecule has 11 heteroatoms. The Morgan fingerprint density at radius 2 is 1.63 bits per heavy atom. The molecule has 2 amide bonds. The molecular formula is C19H26F3N3O4S. The Kier molecular flexibility index (Phi) is 6.93. The Morgan fingerprint density at radius 3 is 2.17 bits per heavy atom. The summed E-state index contributed by atoms with van der Waals surface area (Å²) in [5.74, 6) is 0. The first-order valence-electron chi connectivity index (χ1n) is 9.86. The summed E-state index contributed by atoms with van der Waals surface area (Å²) in [4.78, 5) is 13.9. The highest BCUT2D eigenvalue weighted by Crippen LogP contribution is 2.31. The van der Waals surface area contributed by atoms with Crippen LogP contribution in [0.3, 0.4) is 0 Å². The van der Waals surface area contributed by atoms with Crippen molar-refractivity contribution in [3.05, 3.63) is 29.8 Å². The second-order valence-corrected chi connectivity index (χ2v) is 9.68. The lowest BCUT2D eigenvalue weighted by Gasteiger charge is -2.36. The van der Waals surface area contributed by atoms with Crippen molar-refractivity contribution in [1.82, 2.24) is 9.21 Å². The SMILES string of the molecule is CS(=O)(=O)N1CCC(OC2CCN(C(=O)Nc3cccc(C(F)(F)F)c3)CC2)CC1. The van der Waals surface area contributed by atoms with Crippen LogP contribution in [0.25, 0.3) is 0 Å². The van der Waals surface area contributed by atoms with Gasteiger partial charge in [-0.1, -0.05) is 6.07 Å². The number of hydrogen-bond donors (Lipinski definition) is 1. The van der Waals surface area contributed by atoms with Crippen molar-refractivity contribution in [2.45, 2.75) is 44.1 Å². The molecule has 1 N–H and O–H groups in total. The minimum absolute atomic E-state index is 0.00140. The minimum atomic E-state index is -4.46. The van der Waals surface area contributed by atoms with Gasteiger partial charge < -0.3 is 15.0 Å². The third kappa shape index (κ3) is 6.08. The second-order valence-electron chi connectivity index (χ2n) is 7.69. The Balaban J connectivity index is 1.44. The van der Waals surface area contributed by atoms with Crippen LogP contribution in [0.2, 0.25) is 0 Å². The molecule has 0 unspecified atom stereocenters. The summed E-state index contributed by atoms with van der Waals surface area (Å²) in [7, 11) is -3.17. The molecule has 168 valence electrons. The Labute approximate surface area is 174 Å². The van der Waals surface area contributed by atoms with E-state index >= 15 is 0 Å². The number of likely N-dealkylation sites (tertiary alicyclic amines) is 1. The topological polar surface area (TPSA) is 79.0 Å². The molecule has 0 bridgehead atoms. The average molecular weight is 449 g/mol. The van der Waals surface area contributed by atoms with Gasteiger partial charge in [0.2, 0.25) is 10.0 Å². The maximum atomic E-state index is 12.8. The number of benzene rings is 1. The van der Waals surface area contributed by atoms with Crippen LogP contribution < -0.4 is 5.32 Å². The van der Waals surface area contributed by atoms with Gasteiger partial charge in [0.25, 0.3) is 0 Å². The quantitative estimate of drug-likeness (QED) is 0.766. The Bertz CT molecular complexity index is 847. The van der Waals surface area contributed by atoms with Crippen molar-refractivity contribution in [3.63, 3.8) is 0 Å². The van der Waals surface area contributed by atoms with E-state index in [9.17, 15) is 26.4 Å². The number of nitrogens with zero attached hydrogens (tertiary/aromatic N) is 2. The first kappa shape index (κ1) is 22.8. The first-order chi connectivity index (χ1) is 14.0. The van der Waals surface area contributed by atoms with Crippen molar-refractivity contribution in [1.29, 1.82) is 0 Å². The van der Waals surface area contributed by atoms with E-state index in [1.165, 1.54) is 22.7 Å². The zero-order valence-electron chi connectivity index (χ0n) is 16.7. The number of ether oxygens (including phenoxy) is 1. The molecule has 0 saturated carbocycles. The molecule has 0 radical (unpaired) electrons. The van der Waals surface area contributed by atoms with Crippen LogP contribution in [0.5, 0.6) is 0 Å². The number of sulfonamides is 1. The van der Waals surface area contributed by atoms with Crippen LogP contribution >= 0.6 is 0 Å². The van der Waals surface area contributed by atoms with Crippen LogP contribution in [0.1, 0.15) is 31.2 Å². The summed E-state index contributed by atoms with van der Waals surface area (Å²) < 4.78 is 69.1. The molecule has 2 fully saturated rings. The maximum absolute atomic E-state index is 12.8. The minimum Gasteiger partial charge on any atom is -0.375 e. The number of piperidine rings is 2. The number of carbonyl (C=O) groups excluding carboxylic acids is 1. The molecule has 2 heterocycles. The monoisotopic (exact) mass is 449 g/mol. The van der Waals surface area contributed by atoms with E-state index in [0.717, 1.165) is 12.1 Å². The van der Waals surface area contributed by atoms with Gasteiger partial charge in [-0.15, -0.1) is 0 Å². The molecule has 0 aromatic heterocycles. The van der Waals surface area contributed by atoms with Crippen LogP contribution in [-0.4, -0.2) is 68.3 Å². The van der Waals surface area contributed by atoms with E-state index in [1.807, 2.05) is 0 Å². The first-order valence-corrected chi connectivity index (χ1v) is 11.7. The fraction of sp³-hybridized carbons (Fsp3) is 0.632. The van der Waals surface area contributed by atoms with E-state index in [0.29, 0.717) is 51.9 Å². The van der Waals surface area contributed by atoms with Crippen LogP contribution in [-0.2, 0) is 20.9 Å². The number of nitrogens with one attached hydrogen (secondary N) is 1. The molecule has 1 aromatic carbocycles. The summed E-state index contributed by atoms with van der Waals surface area (Å²) in [5, 5.41) is 2.52. The van der Waals surface area contributed by atoms with Crippen LogP contribution in [0.15, 0.2) is 24.3 Å². The Hall–Kier alpha value is -1.85. The lowest BCUT2D eigenvalue weighted by Crippen LogP contribution is -2.45. The highest BCUT2D eigenvalue weighted by molar-refractivity contribution is 7.88. The Morgan fingerprint density at radius 1 is 1.07 bits per heavy atom. The van der Waals surface area contributed by atoms with Gasteiger partial charge in [-0.25, -0.2) is 17.5 Å². The third-order valence-electron chi connectivity index (χ3n) is 5.43. The molecule has 3 rings (SSSR count). The van der Waals surface area contributed by atoms with Crippen molar-refractivity contribution < 1.29 is 31.1 Å². The van der Waals surface area contributed by atoms with Gasteiger partial charge in [0, 0.05) is 31.9 Å². The van der Waals surface area contributed by atoms with Gasteiger partial charge >= 0.3 is 12.2 Å². The van der Waals surface area contributed by atoms with Crippen molar-refractivity contribution in [2.75, 3.05) is 37.8 Å². The normalized spacial score (nSPS) is 20.3. The van der Waals surface area contributed by atoms with Gasteiger partial charge in [-0.05, 0) is 43.9 Å². The predicted molar refractivity (Wildman–Crippen MR) is 106 cm³/mol. The molecular weight excluding hydrogens is 423 g/mol. The number of hydrogen-bond acceptors (Lipinski definition) is 4. The largest absolute Gasteiger partial charge is 0.416 e. The van der Waals surface area contributed by atoms with Crippen molar-refractivity contribution in [2.24, 2.45) is 0 Å². The number of halogens is 3. The van der Waals surface area contributed by atoms with Gasteiger partial charge in [0.05, 0.1) is 24.0 Å². The lowest BCUT2D eigenvalue weighted by molar-refractivity contribution is -0.137.